The van der Waals surface area contributed by atoms with Gasteiger partial charge < -0.3 is 14.7 Å². The fourth-order valence-corrected chi connectivity index (χ4v) is 1.17. The summed E-state index contributed by atoms with van der Waals surface area (Å²) in [5.74, 6) is -0.311. The van der Waals surface area contributed by atoms with Crippen molar-refractivity contribution in [3.8, 4) is 0 Å². The van der Waals surface area contributed by atoms with Crippen molar-refractivity contribution >= 4 is 5.97 Å². The molecule has 0 aromatic rings. The number of hydrogen-bond donors (Lipinski definition) is 1. The second-order valence-electron chi connectivity index (χ2n) is 2.83. The van der Waals surface area contributed by atoms with Crippen LogP contribution >= 0.6 is 0 Å². The Labute approximate surface area is 71.4 Å². The summed E-state index contributed by atoms with van der Waals surface area (Å²) in [6.07, 6.45) is 2.31. The molecule has 12 heavy (non-hydrogen) atoms. The summed E-state index contributed by atoms with van der Waals surface area (Å²) in [7, 11) is 3.08. The summed E-state index contributed by atoms with van der Waals surface area (Å²) in [5.41, 5.74) is 0.616. The Bertz CT molecular complexity index is 212. The first-order valence-corrected chi connectivity index (χ1v) is 3.84. The van der Waals surface area contributed by atoms with Crippen molar-refractivity contribution < 1.29 is 14.6 Å². The molecular formula is C8H13NO3. The van der Waals surface area contributed by atoms with E-state index in [-0.39, 0.29) is 5.97 Å². The van der Waals surface area contributed by atoms with Gasteiger partial charge in [-0.1, -0.05) is 0 Å². The van der Waals surface area contributed by atoms with Crippen molar-refractivity contribution in [3.63, 3.8) is 0 Å². The Morgan fingerprint density at radius 1 is 1.83 bits per heavy atom. The molecule has 1 aliphatic heterocycles. The maximum Gasteiger partial charge on any atom is 0.335 e. The van der Waals surface area contributed by atoms with Crippen LogP contribution in [0.4, 0.5) is 0 Å². The van der Waals surface area contributed by atoms with E-state index in [1.54, 1.807) is 18.1 Å². The van der Waals surface area contributed by atoms with Crippen LogP contribution in [0.1, 0.15) is 12.8 Å². The highest BCUT2D eigenvalue weighted by atomic mass is 16.5. The number of nitrogens with zero attached hydrogens (tertiary/aromatic N) is 1. The molecule has 0 aromatic heterocycles. The summed E-state index contributed by atoms with van der Waals surface area (Å²) in [6.45, 7) is 0. The van der Waals surface area contributed by atoms with Crippen molar-refractivity contribution in [2.45, 2.75) is 19.1 Å². The van der Waals surface area contributed by atoms with Crippen LogP contribution in [0.3, 0.4) is 0 Å². The van der Waals surface area contributed by atoms with Gasteiger partial charge in [0.25, 0.3) is 0 Å². The van der Waals surface area contributed by atoms with Crippen LogP contribution in [-0.2, 0) is 9.53 Å². The van der Waals surface area contributed by atoms with Gasteiger partial charge in [-0.25, -0.2) is 4.79 Å². The van der Waals surface area contributed by atoms with Crippen LogP contribution in [0.5, 0.6) is 0 Å². The molecule has 0 aromatic carbocycles. The van der Waals surface area contributed by atoms with Crippen LogP contribution in [0, 0.1) is 0 Å². The van der Waals surface area contributed by atoms with Gasteiger partial charge in [-0.3, -0.25) is 0 Å². The molecule has 4 nitrogen and oxygen atoms in total. The van der Waals surface area contributed by atoms with Crippen molar-refractivity contribution in [1.29, 1.82) is 0 Å². The zero-order valence-electron chi connectivity index (χ0n) is 7.28. The summed E-state index contributed by atoms with van der Waals surface area (Å²) >= 11 is 0. The third kappa shape index (κ3) is 1.76. The molecule has 0 radical (unpaired) electrons. The average Bonchev–Trinajstić information content (AvgIpc) is 2.08. The van der Waals surface area contributed by atoms with Gasteiger partial charge in [-0.15, -0.1) is 0 Å². The molecule has 4 heteroatoms. The molecule has 1 aliphatic rings. The largest absolute Gasteiger partial charge is 0.466 e. The molecule has 0 spiro atoms. The standard InChI is InChI=1S/C8H13NO3/c1-9-5-6(8(11)12-2)3-4-7(9)10/h5,7,10H,3-4H2,1-2H3. The number of rotatable bonds is 1. The van der Waals surface area contributed by atoms with Gasteiger partial charge in [0.2, 0.25) is 0 Å². The second-order valence-corrected chi connectivity index (χ2v) is 2.83. The fraction of sp³-hybridized carbons (Fsp3) is 0.625. The first kappa shape index (κ1) is 9.06. The van der Waals surface area contributed by atoms with E-state index in [1.165, 1.54) is 7.11 Å². The number of esters is 1. The molecule has 0 aliphatic carbocycles. The third-order valence-corrected chi connectivity index (χ3v) is 1.95. The highest BCUT2D eigenvalue weighted by Crippen LogP contribution is 2.18. The molecule has 1 N–H and O–H groups in total. The first-order chi connectivity index (χ1) is 5.65. The molecule has 68 valence electrons. The van der Waals surface area contributed by atoms with Crippen molar-refractivity contribution in [2.75, 3.05) is 14.2 Å². The number of aliphatic hydroxyl groups is 1. The van der Waals surface area contributed by atoms with E-state index in [4.69, 9.17) is 0 Å². The lowest BCUT2D eigenvalue weighted by Crippen LogP contribution is -2.31. The van der Waals surface area contributed by atoms with Crippen molar-refractivity contribution in [1.82, 2.24) is 4.90 Å². The van der Waals surface area contributed by atoms with Crippen molar-refractivity contribution in [2.24, 2.45) is 0 Å². The number of carbonyl (C=O) groups is 1. The SMILES string of the molecule is COC(=O)C1=CN(C)C(O)CC1. The van der Waals surface area contributed by atoms with Crippen LogP contribution in [0.2, 0.25) is 0 Å². The quantitative estimate of drug-likeness (QED) is 0.568. The fourth-order valence-electron chi connectivity index (χ4n) is 1.17. The van der Waals surface area contributed by atoms with Gasteiger partial charge in [0, 0.05) is 13.2 Å². The predicted molar refractivity (Wildman–Crippen MR) is 43.1 cm³/mol. The molecule has 0 saturated heterocycles. The number of hydrogen-bond acceptors (Lipinski definition) is 4. The van der Waals surface area contributed by atoms with Crippen molar-refractivity contribution in [3.05, 3.63) is 11.8 Å². The zero-order chi connectivity index (χ0) is 9.14. The topological polar surface area (TPSA) is 49.8 Å². The van der Waals surface area contributed by atoms with E-state index in [0.717, 1.165) is 0 Å². The van der Waals surface area contributed by atoms with Gasteiger partial charge in [-0.2, -0.15) is 0 Å². The molecule has 0 amide bonds. The Morgan fingerprint density at radius 2 is 2.50 bits per heavy atom. The molecule has 1 unspecified atom stereocenters. The maximum atomic E-state index is 11.0. The van der Waals surface area contributed by atoms with Crippen LogP contribution in [0.15, 0.2) is 11.8 Å². The van der Waals surface area contributed by atoms with Gasteiger partial charge in [0.05, 0.1) is 12.7 Å². The number of methoxy groups -OCH3 is 1. The Kier molecular flexibility index (Phi) is 2.70. The zero-order valence-corrected chi connectivity index (χ0v) is 7.28. The van der Waals surface area contributed by atoms with Gasteiger partial charge >= 0.3 is 5.97 Å². The van der Waals surface area contributed by atoms with Crippen LogP contribution in [0.25, 0.3) is 0 Å². The Balaban J connectivity index is 2.68. The molecule has 0 bridgehead atoms. The van der Waals surface area contributed by atoms with Crippen LogP contribution in [-0.4, -0.2) is 36.4 Å². The first-order valence-electron chi connectivity index (χ1n) is 3.84. The van der Waals surface area contributed by atoms with E-state index in [0.29, 0.717) is 18.4 Å². The molecule has 1 heterocycles. The van der Waals surface area contributed by atoms with E-state index in [2.05, 4.69) is 4.74 Å². The number of aliphatic hydroxyl groups excluding tert-OH is 1. The minimum atomic E-state index is -0.474. The molecule has 1 atom stereocenters. The average molecular weight is 171 g/mol. The highest BCUT2D eigenvalue weighted by Gasteiger charge is 2.20. The minimum Gasteiger partial charge on any atom is -0.466 e. The van der Waals surface area contributed by atoms with E-state index in [1.807, 2.05) is 0 Å². The molecule has 0 saturated carbocycles. The summed E-state index contributed by atoms with van der Waals surface area (Å²) in [4.78, 5) is 12.6. The minimum absolute atomic E-state index is 0.311. The summed E-state index contributed by atoms with van der Waals surface area (Å²) < 4.78 is 4.56. The maximum absolute atomic E-state index is 11.0. The van der Waals surface area contributed by atoms with Gasteiger partial charge in [0.15, 0.2) is 0 Å². The lowest BCUT2D eigenvalue weighted by atomic mass is 10.1. The lowest BCUT2D eigenvalue weighted by molar-refractivity contribution is -0.136. The molecule has 1 rings (SSSR count). The monoisotopic (exact) mass is 171 g/mol. The molecule has 0 fully saturated rings. The lowest BCUT2D eigenvalue weighted by Gasteiger charge is -2.27. The number of carbonyl (C=O) groups excluding carboxylic acids is 1. The van der Waals surface area contributed by atoms with Gasteiger partial charge in [-0.05, 0) is 12.8 Å². The Hall–Kier alpha value is -1.03. The summed E-state index contributed by atoms with van der Waals surface area (Å²) in [5, 5.41) is 9.28. The molecular weight excluding hydrogens is 158 g/mol. The van der Waals surface area contributed by atoms with E-state index in [9.17, 15) is 9.90 Å². The second kappa shape index (κ2) is 3.58. The van der Waals surface area contributed by atoms with E-state index < -0.39 is 6.23 Å². The Morgan fingerprint density at radius 3 is 3.00 bits per heavy atom. The summed E-state index contributed by atoms with van der Waals surface area (Å²) in [6, 6.07) is 0. The predicted octanol–water partition coefficient (Wildman–Crippen LogP) is 0.0873. The number of ether oxygens (including phenoxy) is 1. The third-order valence-electron chi connectivity index (χ3n) is 1.95. The smallest absolute Gasteiger partial charge is 0.335 e. The van der Waals surface area contributed by atoms with E-state index >= 15 is 0 Å². The van der Waals surface area contributed by atoms with Crippen LogP contribution < -0.4 is 0 Å². The normalized spacial score (nSPS) is 23.4. The highest BCUT2D eigenvalue weighted by molar-refractivity contribution is 5.88. The van der Waals surface area contributed by atoms with Gasteiger partial charge in [0.1, 0.15) is 6.23 Å².